The van der Waals surface area contributed by atoms with Gasteiger partial charge < -0.3 is 5.73 Å². The largest absolute Gasteiger partial charge is 0.366 e. The van der Waals surface area contributed by atoms with E-state index in [0.717, 1.165) is 12.1 Å². The van der Waals surface area contributed by atoms with Gasteiger partial charge in [0.25, 0.3) is 10.0 Å². The fourth-order valence-electron chi connectivity index (χ4n) is 1.64. The minimum absolute atomic E-state index is 0.0371. The second-order valence-electron chi connectivity index (χ2n) is 4.13. The van der Waals surface area contributed by atoms with Gasteiger partial charge in [-0.15, -0.1) is 0 Å². The van der Waals surface area contributed by atoms with E-state index in [0.29, 0.717) is 6.07 Å². The zero-order valence-electron chi connectivity index (χ0n) is 10.5. The summed E-state index contributed by atoms with van der Waals surface area (Å²) in [5.74, 6) is -2.83. The predicted molar refractivity (Wildman–Crippen MR) is 72.1 cm³/mol. The Hall–Kier alpha value is -2.48. The van der Waals surface area contributed by atoms with E-state index in [1.54, 1.807) is 0 Å². The molecule has 0 aliphatic rings. The Kier molecular flexibility index (Phi) is 3.90. The molecule has 1 amide bonds. The number of carbonyl (C=O) groups is 1. The SMILES string of the molecule is NC(=O)c1cccc(NS(=O)(=O)c2ccc(F)cc2F)c1. The summed E-state index contributed by atoms with van der Waals surface area (Å²) < 4.78 is 52.5. The summed E-state index contributed by atoms with van der Waals surface area (Å²) in [7, 11) is -4.25. The zero-order valence-corrected chi connectivity index (χ0v) is 11.3. The van der Waals surface area contributed by atoms with Crippen molar-refractivity contribution in [1.29, 1.82) is 0 Å². The van der Waals surface area contributed by atoms with Crippen LogP contribution in [0.4, 0.5) is 14.5 Å². The minimum atomic E-state index is -4.25. The minimum Gasteiger partial charge on any atom is -0.366 e. The van der Waals surface area contributed by atoms with Crippen molar-refractivity contribution in [2.45, 2.75) is 4.90 Å². The monoisotopic (exact) mass is 312 g/mol. The maximum atomic E-state index is 13.5. The topological polar surface area (TPSA) is 89.3 Å². The molecule has 0 aliphatic heterocycles. The van der Waals surface area contributed by atoms with Gasteiger partial charge in [0.1, 0.15) is 16.5 Å². The molecule has 2 rings (SSSR count). The second kappa shape index (κ2) is 5.49. The van der Waals surface area contributed by atoms with Crippen LogP contribution in [0, 0.1) is 11.6 Å². The molecule has 110 valence electrons. The number of hydrogen-bond acceptors (Lipinski definition) is 3. The van der Waals surface area contributed by atoms with Gasteiger partial charge in [0.05, 0.1) is 0 Å². The average molecular weight is 312 g/mol. The molecule has 3 N–H and O–H groups in total. The van der Waals surface area contributed by atoms with E-state index in [2.05, 4.69) is 4.72 Å². The van der Waals surface area contributed by atoms with E-state index in [1.807, 2.05) is 0 Å². The summed E-state index contributed by atoms with van der Waals surface area (Å²) in [4.78, 5) is 10.3. The summed E-state index contributed by atoms with van der Waals surface area (Å²) >= 11 is 0. The number of primary amides is 1. The average Bonchev–Trinajstić information content (AvgIpc) is 2.37. The van der Waals surface area contributed by atoms with E-state index < -0.39 is 32.5 Å². The maximum absolute atomic E-state index is 13.5. The molecule has 0 saturated heterocycles. The number of hydrogen-bond donors (Lipinski definition) is 2. The lowest BCUT2D eigenvalue weighted by Crippen LogP contribution is -2.16. The van der Waals surface area contributed by atoms with Crippen molar-refractivity contribution in [3.8, 4) is 0 Å². The fraction of sp³-hybridized carbons (Fsp3) is 0. The van der Waals surface area contributed by atoms with E-state index in [4.69, 9.17) is 5.73 Å². The van der Waals surface area contributed by atoms with Crippen LogP contribution in [-0.2, 0) is 10.0 Å². The van der Waals surface area contributed by atoms with Crippen LogP contribution >= 0.6 is 0 Å². The third-order valence-electron chi connectivity index (χ3n) is 2.58. The van der Waals surface area contributed by atoms with Crippen molar-refractivity contribution in [1.82, 2.24) is 0 Å². The van der Waals surface area contributed by atoms with Gasteiger partial charge in [0, 0.05) is 17.3 Å². The number of halogens is 2. The molecule has 0 heterocycles. The van der Waals surface area contributed by atoms with Crippen molar-refractivity contribution in [3.05, 3.63) is 59.7 Å². The fourth-order valence-corrected chi connectivity index (χ4v) is 2.75. The third-order valence-corrected chi connectivity index (χ3v) is 4.00. The lowest BCUT2D eigenvalue weighted by molar-refractivity contribution is 0.100. The molecule has 0 spiro atoms. The molecule has 5 nitrogen and oxygen atoms in total. The lowest BCUT2D eigenvalue weighted by atomic mass is 10.2. The van der Waals surface area contributed by atoms with Gasteiger partial charge in [-0.3, -0.25) is 9.52 Å². The Labute approximate surface area is 119 Å². The number of amides is 1. The van der Waals surface area contributed by atoms with Crippen molar-refractivity contribution in [2.75, 3.05) is 4.72 Å². The van der Waals surface area contributed by atoms with Gasteiger partial charge in [0.2, 0.25) is 5.91 Å². The Morgan fingerprint density at radius 1 is 1.10 bits per heavy atom. The number of sulfonamides is 1. The van der Waals surface area contributed by atoms with Gasteiger partial charge >= 0.3 is 0 Å². The second-order valence-corrected chi connectivity index (χ2v) is 5.78. The first-order chi connectivity index (χ1) is 9.79. The number of carbonyl (C=O) groups excluding carboxylic acids is 1. The van der Waals surface area contributed by atoms with Crippen LogP contribution in [0.15, 0.2) is 47.4 Å². The molecule has 0 saturated carbocycles. The standard InChI is InChI=1S/C13H10F2N2O3S/c14-9-4-5-12(11(15)7-9)21(19,20)17-10-3-1-2-8(6-10)13(16)18/h1-7,17H,(H2,16,18). The van der Waals surface area contributed by atoms with Crippen molar-refractivity contribution < 1.29 is 22.0 Å². The molecular formula is C13H10F2N2O3S. The third kappa shape index (κ3) is 3.34. The van der Waals surface area contributed by atoms with Gasteiger partial charge in [-0.05, 0) is 30.3 Å². The molecule has 2 aromatic rings. The molecule has 21 heavy (non-hydrogen) atoms. The molecule has 0 fully saturated rings. The number of nitrogens with two attached hydrogens (primary N) is 1. The molecule has 0 bridgehead atoms. The molecule has 8 heteroatoms. The molecule has 0 unspecified atom stereocenters. The van der Waals surface area contributed by atoms with Crippen molar-refractivity contribution >= 4 is 21.6 Å². The summed E-state index contributed by atoms with van der Waals surface area (Å²) in [5.41, 5.74) is 5.21. The highest BCUT2D eigenvalue weighted by Crippen LogP contribution is 2.20. The number of benzene rings is 2. The summed E-state index contributed by atoms with van der Waals surface area (Å²) in [6.07, 6.45) is 0. The molecule has 2 aromatic carbocycles. The molecule has 0 aromatic heterocycles. The van der Waals surface area contributed by atoms with E-state index >= 15 is 0 Å². The number of anilines is 1. The van der Waals surface area contributed by atoms with Gasteiger partial charge in [-0.25, -0.2) is 17.2 Å². The molecule has 0 aliphatic carbocycles. The number of rotatable bonds is 4. The summed E-state index contributed by atoms with van der Waals surface area (Å²) in [6.45, 7) is 0. The number of nitrogens with one attached hydrogen (secondary N) is 1. The highest BCUT2D eigenvalue weighted by molar-refractivity contribution is 7.92. The van der Waals surface area contributed by atoms with Crippen molar-refractivity contribution in [3.63, 3.8) is 0 Å². The van der Waals surface area contributed by atoms with Crippen LogP contribution in [0.5, 0.6) is 0 Å². The maximum Gasteiger partial charge on any atom is 0.264 e. The van der Waals surface area contributed by atoms with Gasteiger partial charge in [-0.2, -0.15) is 0 Å². The highest BCUT2D eigenvalue weighted by atomic mass is 32.2. The highest BCUT2D eigenvalue weighted by Gasteiger charge is 2.20. The van der Waals surface area contributed by atoms with Gasteiger partial charge in [-0.1, -0.05) is 6.07 Å². The Morgan fingerprint density at radius 2 is 1.81 bits per heavy atom. The van der Waals surface area contributed by atoms with Crippen LogP contribution < -0.4 is 10.5 Å². The van der Waals surface area contributed by atoms with E-state index in [-0.39, 0.29) is 11.3 Å². The Balaban J connectivity index is 2.37. The zero-order chi connectivity index (χ0) is 15.6. The van der Waals surface area contributed by atoms with Crippen molar-refractivity contribution in [2.24, 2.45) is 5.73 Å². The summed E-state index contributed by atoms with van der Waals surface area (Å²) in [6, 6.07) is 7.50. The van der Waals surface area contributed by atoms with Crippen LogP contribution in [0.3, 0.4) is 0 Å². The normalized spacial score (nSPS) is 11.1. The summed E-state index contributed by atoms with van der Waals surface area (Å²) in [5, 5.41) is 0. The van der Waals surface area contributed by atoms with E-state index in [9.17, 15) is 22.0 Å². The van der Waals surface area contributed by atoms with Crippen LogP contribution in [0.2, 0.25) is 0 Å². The van der Waals surface area contributed by atoms with Crippen LogP contribution in [-0.4, -0.2) is 14.3 Å². The van der Waals surface area contributed by atoms with Gasteiger partial charge in [0.15, 0.2) is 0 Å². The van der Waals surface area contributed by atoms with E-state index in [1.165, 1.54) is 24.3 Å². The lowest BCUT2D eigenvalue weighted by Gasteiger charge is -2.09. The predicted octanol–water partition coefficient (Wildman–Crippen LogP) is 1.86. The molecule has 0 radical (unpaired) electrons. The van der Waals surface area contributed by atoms with Crippen LogP contribution in [0.25, 0.3) is 0 Å². The first kappa shape index (κ1) is 14.9. The smallest absolute Gasteiger partial charge is 0.264 e. The quantitative estimate of drug-likeness (QED) is 0.903. The first-order valence-electron chi connectivity index (χ1n) is 5.67. The first-order valence-corrected chi connectivity index (χ1v) is 7.15. The Bertz CT molecular complexity index is 807. The Morgan fingerprint density at radius 3 is 2.43 bits per heavy atom. The molecular weight excluding hydrogens is 302 g/mol. The molecule has 0 atom stereocenters. The van der Waals surface area contributed by atoms with Crippen LogP contribution in [0.1, 0.15) is 10.4 Å².